The second-order valence-electron chi connectivity index (χ2n) is 4.60. The van der Waals surface area contributed by atoms with Crippen LogP contribution in [0, 0.1) is 0 Å². The van der Waals surface area contributed by atoms with E-state index in [1.54, 1.807) is 26.5 Å². The van der Waals surface area contributed by atoms with Crippen LogP contribution in [0.2, 0.25) is 0 Å². The molecule has 21 heavy (non-hydrogen) atoms. The lowest BCUT2D eigenvalue weighted by Gasteiger charge is -2.10. The third kappa shape index (κ3) is 2.45. The van der Waals surface area contributed by atoms with E-state index in [2.05, 4.69) is 9.97 Å². The zero-order valence-corrected chi connectivity index (χ0v) is 11.8. The maximum Gasteiger partial charge on any atom is 0.161 e. The molecule has 0 aliphatic heterocycles. The van der Waals surface area contributed by atoms with Crippen LogP contribution in [0.1, 0.15) is 0 Å². The fourth-order valence-electron chi connectivity index (χ4n) is 2.21. The Kier molecular flexibility index (Phi) is 3.31. The molecule has 0 bridgehead atoms. The van der Waals surface area contributed by atoms with Crippen molar-refractivity contribution < 1.29 is 9.47 Å². The monoisotopic (exact) mass is 281 g/mol. The Morgan fingerprint density at radius 3 is 2.43 bits per heavy atom. The predicted molar refractivity (Wildman–Crippen MR) is 82.5 cm³/mol. The van der Waals surface area contributed by atoms with Crippen molar-refractivity contribution in [2.24, 2.45) is 0 Å². The highest BCUT2D eigenvalue weighted by atomic mass is 16.5. The Bertz CT molecular complexity index is 803. The van der Waals surface area contributed by atoms with Gasteiger partial charge >= 0.3 is 0 Å². The van der Waals surface area contributed by atoms with E-state index in [4.69, 9.17) is 15.2 Å². The zero-order valence-electron chi connectivity index (χ0n) is 11.8. The summed E-state index contributed by atoms with van der Waals surface area (Å²) in [6.45, 7) is 0. The molecule has 0 saturated heterocycles. The van der Waals surface area contributed by atoms with Crippen molar-refractivity contribution in [2.75, 3.05) is 20.0 Å². The second kappa shape index (κ2) is 5.28. The van der Waals surface area contributed by atoms with E-state index < -0.39 is 0 Å². The third-order valence-corrected chi connectivity index (χ3v) is 3.30. The molecule has 1 aromatic carbocycles. The van der Waals surface area contributed by atoms with Crippen LogP contribution in [-0.4, -0.2) is 24.2 Å². The van der Waals surface area contributed by atoms with E-state index in [0.29, 0.717) is 17.3 Å². The number of nitrogens with zero attached hydrogens (tertiary/aromatic N) is 2. The maximum absolute atomic E-state index is 5.66. The van der Waals surface area contributed by atoms with Gasteiger partial charge in [-0.3, -0.25) is 4.98 Å². The predicted octanol–water partition coefficient (Wildman–Crippen LogP) is 2.90. The molecule has 2 heterocycles. The molecule has 0 spiro atoms. The fourth-order valence-corrected chi connectivity index (χ4v) is 2.21. The van der Waals surface area contributed by atoms with Gasteiger partial charge in [0.15, 0.2) is 11.5 Å². The average Bonchev–Trinajstić information content (AvgIpc) is 2.53. The van der Waals surface area contributed by atoms with E-state index in [9.17, 15) is 0 Å². The number of ether oxygens (including phenoxy) is 2. The van der Waals surface area contributed by atoms with Gasteiger partial charge in [-0.2, -0.15) is 0 Å². The quantitative estimate of drug-likeness (QED) is 0.799. The number of methoxy groups -OCH3 is 2. The summed E-state index contributed by atoms with van der Waals surface area (Å²) in [6, 6.07) is 9.55. The SMILES string of the molecule is COc1ccc(-c2cnc3cc(N)ncc3c2)cc1OC. The summed E-state index contributed by atoms with van der Waals surface area (Å²) in [5.41, 5.74) is 8.47. The first-order chi connectivity index (χ1) is 10.2. The van der Waals surface area contributed by atoms with Gasteiger partial charge in [0.25, 0.3) is 0 Å². The van der Waals surface area contributed by atoms with Gasteiger partial charge in [-0.1, -0.05) is 6.07 Å². The van der Waals surface area contributed by atoms with Crippen LogP contribution in [0.4, 0.5) is 5.82 Å². The number of hydrogen-bond acceptors (Lipinski definition) is 5. The molecule has 5 nitrogen and oxygen atoms in total. The lowest BCUT2D eigenvalue weighted by atomic mass is 10.1. The van der Waals surface area contributed by atoms with E-state index in [0.717, 1.165) is 22.0 Å². The molecule has 0 aliphatic rings. The van der Waals surface area contributed by atoms with Gasteiger partial charge in [-0.05, 0) is 23.8 Å². The number of fused-ring (bicyclic) bond motifs is 1. The molecule has 0 atom stereocenters. The van der Waals surface area contributed by atoms with Crippen molar-refractivity contribution in [2.45, 2.75) is 0 Å². The first-order valence-electron chi connectivity index (χ1n) is 6.45. The first kappa shape index (κ1) is 13.2. The molecule has 0 fully saturated rings. The van der Waals surface area contributed by atoms with Crippen LogP contribution in [0.15, 0.2) is 42.7 Å². The van der Waals surface area contributed by atoms with Gasteiger partial charge in [0.05, 0.1) is 19.7 Å². The number of anilines is 1. The van der Waals surface area contributed by atoms with Crippen molar-refractivity contribution in [3.05, 3.63) is 42.7 Å². The molecule has 2 N–H and O–H groups in total. The van der Waals surface area contributed by atoms with Crippen molar-refractivity contribution >= 4 is 16.7 Å². The molecule has 0 radical (unpaired) electrons. The summed E-state index contributed by atoms with van der Waals surface area (Å²) in [6.07, 6.45) is 3.53. The normalized spacial score (nSPS) is 10.6. The Labute approximate surface area is 122 Å². The Morgan fingerprint density at radius 1 is 0.857 bits per heavy atom. The van der Waals surface area contributed by atoms with Crippen molar-refractivity contribution in [3.8, 4) is 22.6 Å². The van der Waals surface area contributed by atoms with Gasteiger partial charge in [0.2, 0.25) is 0 Å². The molecule has 3 rings (SSSR count). The van der Waals surface area contributed by atoms with Gasteiger partial charge in [0.1, 0.15) is 5.82 Å². The summed E-state index contributed by atoms with van der Waals surface area (Å²) in [5.74, 6) is 1.85. The standard InChI is InChI=1S/C16H15N3O2/c1-20-14-4-3-10(6-15(14)21-2)11-5-12-9-19-16(17)7-13(12)18-8-11/h3-9H,1-2H3,(H2,17,19). The second-order valence-corrected chi connectivity index (χ2v) is 4.60. The van der Waals surface area contributed by atoms with Crippen LogP contribution in [0.25, 0.3) is 22.0 Å². The van der Waals surface area contributed by atoms with E-state index in [1.165, 1.54) is 0 Å². The molecular weight excluding hydrogens is 266 g/mol. The molecule has 5 heteroatoms. The maximum atomic E-state index is 5.66. The highest BCUT2D eigenvalue weighted by Crippen LogP contribution is 2.32. The lowest BCUT2D eigenvalue weighted by Crippen LogP contribution is -1.92. The number of hydrogen-bond donors (Lipinski definition) is 1. The minimum Gasteiger partial charge on any atom is -0.493 e. The topological polar surface area (TPSA) is 70.3 Å². The molecule has 0 saturated carbocycles. The average molecular weight is 281 g/mol. The highest BCUT2D eigenvalue weighted by Gasteiger charge is 2.07. The summed E-state index contributed by atoms with van der Waals surface area (Å²) in [4.78, 5) is 8.52. The number of aromatic nitrogens is 2. The summed E-state index contributed by atoms with van der Waals surface area (Å²) >= 11 is 0. The first-order valence-corrected chi connectivity index (χ1v) is 6.45. The lowest BCUT2D eigenvalue weighted by molar-refractivity contribution is 0.355. The smallest absolute Gasteiger partial charge is 0.161 e. The van der Waals surface area contributed by atoms with Crippen LogP contribution in [0.5, 0.6) is 11.5 Å². The van der Waals surface area contributed by atoms with Gasteiger partial charge in [-0.15, -0.1) is 0 Å². The molecule has 0 aliphatic carbocycles. The molecule has 2 aromatic heterocycles. The van der Waals surface area contributed by atoms with Crippen LogP contribution < -0.4 is 15.2 Å². The summed E-state index contributed by atoms with van der Waals surface area (Å²) in [5, 5.41) is 0.941. The number of benzene rings is 1. The van der Waals surface area contributed by atoms with Crippen molar-refractivity contribution in [1.82, 2.24) is 9.97 Å². The number of nitrogens with two attached hydrogens (primary N) is 1. The number of nitrogen functional groups attached to an aromatic ring is 1. The molecule has 0 unspecified atom stereocenters. The largest absolute Gasteiger partial charge is 0.493 e. The zero-order chi connectivity index (χ0) is 14.8. The van der Waals surface area contributed by atoms with Gasteiger partial charge in [-0.25, -0.2) is 4.98 Å². The number of rotatable bonds is 3. The van der Waals surface area contributed by atoms with Crippen LogP contribution >= 0.6 is 0 Å². The molecule has 0 amide bonds. The van der Waals surface area contributed by atoms with Gasteiger partial charge in [0, 0.05) is 29.4 Å². The Morgan fingerprint density at radius 2 is 1.67 bits per heavy atom. The van der Waals surface area contributed by atoms with E-state index in [-0.39, 0.29) is 0 Å². The summed E-state index contributed by atoms with van der Waals surface area (Å²) < 4.78 is 10.6. The number of pyridine rings is 2. The molecule has 3 aromatic rings. The minimum absolute atomic E-state index is 0.467. The van der Waals surface area contributed by atoms with Gasteiger partial charge < -0.3 is 15.2 Å². The Hall–Kier alpha value is -2.82. The highest BCUT2D eigenvalue weighted by molar-refractivity contribution is 5.84. The van der Waals surface area contributed by atoms with Crippen LogP contribution in [-0.2, 0) is 0 Å². The third-order valence-electron chi connectivity index (χ3n) is 3.30. The van der Waals surface area contributed by atoms with Crippen molar-refractivity contribution in [3.63, 3.8) is 0 Å². The molecular formula is C16H15N3O2. The molecule has 106 valence electrons. The minimum atomic E-state index is 0.467. The van der Waals surface area contributed by atoms with Crippen LogP contribution in [0.3, 0.4) is 0 Å². The fraction of sp³-hybridized carbons (Fsp3) is 0.125. The van der Waals surface area contributed by atoms with E-state index in [1.807, 2.05) is 30.5 Å². The Balaban J connectivity index is 2.09. The van der Waals surface area contributed by atoms with Crippen molar-refractivity contribution in [1.29, 1.82) is 0 Å². The summed E-state index contributed by atoms with van der Waals surface area (Å²) in [7, 11) is 3.23. The van der Waals surface area contributed by atoms with E-state index >= 15 is 0 Å².